The van der Waals surface area contributed by atoms with Crippen LogP contribution in [-0.4, -0.2) is 14.1 Å². The first-order valence-corrected chi connectivity index (χ1v) is 13.6. The summed E-state index contributed by atoms with van der Waals surface area (Å²) in [6.07, 6.45) is 4.20. The molecule has 3 heteroatoms. The number of hydrogen-bond acceptors (Lipinski definition) is 1. The van der Waals surface area contributed by atoms with E-state index in [4.69, 9.17) is 4.98 Å². The van der Waals surface area contributed by atoms with Gasteiger partial charge in [0, 0.05) is 39.8 Å². The normalized spacial score (nSPS) is 11.5. The van der Waals surface area contributed by atoms with E-state index in [2.05, 4.69) is 155 Å². The van der Waals surface area contributed by atoms with Crippen LogP contribution in [0.15, 0.2) is 152 Å². The van der Waals surface area contributed by atoms with Gasteiger partial charge in [-0.25, -0.2) is 4.98 Å². The van der Waals surface area contributed by atoms with Crippen molar-refractivity contribution in [3.63, 3.8) is 0 Å². The molecule has 0 aliphatic rings. The summed E-state index contributed by atoms with van der Waals surface area (Å²) in [4.78, 5) is 5.04. The Morgan fingerprint density at radius 1 is 0.450 bits per heavy atom. The molecular formula is C37H25N3. The van der Waals surface area contributed by atoms with E-state index in [1.165, 1.54) is 38.4 Å². The maximum absolute atomic E-state index is 5.04. The van der Waals surface area contributed by atoms with Crippen molar-refractivity contribution in [3.8, 4) is 33.8 Å². The quantitative estimate of drug-likeness (QED) is 0.231. The van der Waals surface area contributed by atoms with Crippen LogP contribution in [0.4, 0.5) is 0 Å². The first kappa shape index (κ1) is 22.6. The van der Waals surface area contributed by atoms with Crippen molar-refractivity contribution in [2.24, 2.45) is 0 Å². The monoisotopic (exact) mass is 511 g/mol. The molecule has 5 aromatic carbocycles. The minimum Gasteiger partial charge on any atom is -0.313 e. The van der Waals surface area contributed by atoms with Crippen LogP contribution in [0, 0.1) is 0 Å². The third-order valence-corrected chi connectivity index (χ3v) is 7.82. The fourth-order valence-electron chi connectivity index (χ4n) is 5.97. The topological polar surface area (TPSA) is 22.8 Å². The molecule has 0 saturated carbocycles. The molecule has 0 N–H and O–H groups in total. The molecular weight excluding hydrogens is 486 g/mol. The van der Waals surface area contributed by atoms with E-state index in [0.29, 0.717) is 0 Å². The maximum Gasteiger partial charge on any atom is 0.162 e. The second kappa shape index (κ2) is 9.11. The lowest BCUT2D eigenvalue weighted by molar-refractivity contribution is 1.05. The van der Waals surface area contributed by atoms with Crippen LogP contribution in [0.1, 0.15) is 0 Å². The molecule has 3 aromatic heterocycles. The predicted molar refractivity (Wildman–Crippen MR) is 166 cm³/mol. The Balaban J connectivity index is 1.42. The van der Waals surface area contributed by atoms with E-state index in [1.807, 2.05) is 6.20 Å². The van der Waals surface area contributed by atoms with Gasteiger partial charge in [0.05, 0.1) is 16.6 Å². The number of benzene rings is 5. The predicted octanol–water partition coefficient (Wildman–Crippen LogP) is 9.46. The number of hydrogen-bond donors (Lipinski definition) is 0. The Morgan fingerprint density at radius 3 is 1.68 bits per heavy atom. The lowest BCUT2D eigenvalue weighted by atomic mass is 10.0. The van der Waals surface area contributed by atoms with E-state index >= 15 is 0 Å². The smallest absolute Gasteiger partial charge is 0.162 e. The zero-order valence-electron chi connectivity index (χ0n) is 21.8. The van der Waals surface area contributed by atoms with E-state index in [1.54, 1.807) is 0 Å². The first-order valence-electron chi connectivity index (χ1n) is 13.6. The summed E-state index contributed by atoms with van der Waals surface area (Å²) in [7, 11) is 0. The summed E-state index contributed by atoms with van der Waals surface area (Å²) >= 11 is 0. The van der Waals surface area contributed by atoms with Gasteiger partial charge in [-0.2, -0.15) is 0 Å². The molecule has 3 heterocycles. The Labute approximate surface area is 232 Å². The average Bonchev–Trinajstić information content (AvgIpc) is 3.59. The maximum atomic E-state index is 5.04. The van der Waals surface area contributed by atoms with Gasteiger partial charge < -0.3 is 4.57 Å². The number of pyridine rings is 1. The molecule has 0 spiro atoms. The lowest BCUT2D eigenvalue weighted by Gasteiger charge is -2.12. The molecule has 0 fully saturated rings. The number of rotatable bonds is 4. The molecule has 188 valence electrons. The van der Waals surface area contributed by atoms with Crippen molar-refractivity contribution in [3.05, 3.63) is 152 Å². The first-order chi connectivity index (χ1) is 19.9. The highest BCUT2D eigenvalue weighted by Gasteiger charge is 2.20. The molecule has 0 unspecified atom stereocenters. The zero-order valence-corrected chi connectivity index (χ0v) is 21.8. The fraction of sp³-hybridized carbons (Fsp3) is 0. The average molecular weight is 512 g/mol. The Kier molecular flexibility index (Phi) is 5.14. The number of para-hydroxylation sites is 3. The zero-order chi connectivity index (χ0) is 26.5. The fourth-order valence-corrected chi connectivity index (χ4v) is 5.97. The Morgan fingerprint density at radius 2 is 1.00 bits per heavy atom. The van der Waals surface area contributed by atoms with Crippen molar-refractivity contribution < 1.29 is 0 Å². The molecule has 40 heavy (non-hydrogen) atoms. The summed E-state index contributed by atoms with van der Waals surface area (Å²) in [6.45, 7) is 0. The van der Waals surface area contributed by atoms with Gasteiger partial charge in [0.1, 0.15) is 0 Å². The van der Waals surface area contributed by atoms with Crippen LogP contribution in [0.2, 0.25) is 0 Å². The third kappa shape index (κ3) is 3.49. The minimum absolute atomic E-state index is 0.922. The molecule has 0 atom stereocenters. The van der Waals surface area contributed by atoms with Crippen LogP contribution < -0.4 is 0 Å². The third-order valence-electron chi connectivity index (χ3n) is 7.82. The van der Waals surface area contributed by atoms with Gasteiger partial charge in [-0.15, -0.1) is 0 Å². The lowest BCUT2D eigenvalue weighted by Crippen LogP contribution is -2.02. The number of aromatic nitrogens is 3. The summed E-state index contributed by atoms with van der Waals surface area (Å²) < 4.78 is 4.61. The van der Waals surface area contributed by atoms with Crippen LogP contribution in [-0.2, 0) is 0 Å². The van der Waals surface area contributed by atoms with Gasteiger partial charge >= 0.3 is 0 Å². The number of nitrogens with zero attached hydrogens (tertiary/aromatic N) is 3. The second-order valence-corrected chi connectivity index (χ2v) is 10.1. The van der Waals surface area contributed by atoms with Gasteiger partial charge in [-0.1, -0.05) is 109 Å². The van der Waals surface area contributed by atoms with Crippen LogP contribution in [0.25, 0.3) is 66.5 Å². The highest BCUT2D eigenvalue weighted by molar-refractivity contribution is 6.11. The van der Waals surface area contributed by atoms with Crippen molar-refractivity contribution >= 4 is 32.7 Å². The molecule has 0 saturated heterocycles. The van der Waals surface area contributed by atoms with Crippen LogP contribution >= 0.6 is 0 Å². The molecule has 0 bridgehead atoms. The second-order valence-electron chi connectivity index (χ2n) is 10.1. The molecule has 0 aliphatic carbocycles. The SMILES string of the molecule is c1ccc(-c2ccc(-c3cn(-c4ccccc4)c4c(-n5c6ccccc6c6ccccc65)nccc34)cc2)cc1. The molecule has 8 rings (SSSR count). The highest BCUT2D eigenvalue weighted by Crippen LogP contribution is 2.39. The number of fused-ring (bicyclic) bond motifs is 4. The van der Waals surface area contributed by atoms with Crippen molar-refractivity contribution in [2.45, 2.75) is 0 Å². The van der Waals surface area contributed by atoms with Crippen molar-refractivity contribution in [1.82, 2.24) is 14.1 Å². The van der Waals surface area contributed by atoms with E-state index < -0.39 is 0 Å². The molecule has 0 amide bonds. The van der Waals surface area contributed by atoms with Crippen molar-refractivity contribution in [2.75, 3.05) is 0 Å². The Hall–Kier alpha value is -5.41. The molecule has 8 aromatic rings. The van der Waals surface area contributed by atoms with Gasteiger partial charge in [0.25, 0.3) is 0 Å². The van der Waals surface area contributed by atoms with Crippen LogP contribution in [0.5, 0.6) is 0 Å². The minimum atomic E-state index is 0.922. The summed E-state index contributed by atoms with van der Waals surface area (Å²) in [6, 6.07) is 49.3. The molecule has 0 aliphatic heterocycles. The van der Waals surface area contributed by atoms with Gasteiger partial charge in [0.15, 0.2) is 5.82 Å². The summed E-state index contributed by atoms with van der Waals surface area (Å²) in [5.74, 6) is 0.922. The van der Waals surface area contributed by atoms with Gasteiger partial charge in [-0.05, 0) is 47.0 Å². The van der Waals surface area contributed by atoms with E-state index in [-0.39, 0.29) is 0 Å². The standard InChI is InChI=1S/C37H25N3/c1-3-11-26(12-4-1)27-19-21-28(22-20-27)33-25-39(29-13-5-2-6-14-29)36-32(33)23-24-38-37(36)40-34-17-9-7-15-30(34)31-16-8-10-18-35(31)40/h1-25H. The molecule has 0 radical (unpaired) electrons. The van der Waals surface area contributed by atoms with Gasteiger partial charge in [0.2, 0.25) is 0 Å². The van der Waals surface area contributed by atoms with E-state index in [0.717, 1.165) is 28.1 Å². The summed E-state index contributed by atoms with van der Waals surface area (Å²) in [5, 5.41) is 3.63. The largest absolute Gasteiger partial charge is 0.313 e. The van der Waals surface area contributed by atoms with Crippen molar-refractivity contribution in [1.29, 1.82) is 0 Å². The van der Waals surface area contributed by atoms with Gasteiger partial charge in [-0.3, -0.25) is 4.57 Å². The summed E-state index contributed by atoms with van der Waals surface area (Å²) in [5.41, 5.74) is 9.29. The highest BCUT2D eigenvalue weighted by atomic mass is 15.1. The van der Waals surface area contributed by atoms with E-state index in [9.17, 15) is 0 Å². The van der Waals surface area contributed by atoms with Crippen LogP contribution in [0.3, 0.4) is 0 Å². The Bertz CT molecular complexity index is 2080. The molecule has 3 nitrogen and oxygen atoms in total.